The van der Waals surface area contributed by atoms with E-state index in [2.05, 4.69) is 35.2 Å². The largest absolute Gasteiger partial charge is 0.465 e. The van der Waals surface area contributed by atoms with Crippen LogP contribution in [0.3, 0.4) is 0 Å². The number of likely N-dealkylation sites (tertiary alicyclic amines) is 1. The smallest absolute Gasteiger partial charge is 0.339 e. The maximum atomic E-state index is 11.9. The topological polar surface area (TPSA) is 53.3 Å². The molecule has 0 saturated carbocycles. The molecule has 0 bridgehead atoms. The highest BCUT2D eigenvalue weighted by molar-refractivity contribution is 7.99. The average Bonchev–Trinajstić information content (AvgIpc) is 3.13. The highest BCUT2D eigenvalue weighted by Gasteiger charge is 2.24. The number of esters is 1. The van der Waals surface area contributed by atoms with Crippen molar-refractivity contribution < 1.29 is 9.53 Å². The van der Waals surface area contributed by atoms with E-state index >= 15 is 0 Å². The van der Waals surface area contributed by atoms with E-state index in [4.69, 9.17) is 4.74 Å². The predicted molar refractivity (Wildman–Crippen MR) is 103 cm³/mol. The summed E-state index contributed by atoms with van der Waals surface area (Å²) in [5.74, 6) is 1.30. The van der Waals surface area contributed by atoms with Gasteiger partial charge < -0.3 is 4.74 Å². The highest BCUT2D eigenvalue weighted by atomic mass is 32.2. The van der Waals surface area contributed by atoms with Crippen LogP contribution in [0.1, 0.15) is 27.9 Å². The van der Waals surface area contributed by atoms with Gasteiger partial charge in [0.2, 0.25) is 0 Å². The number of hydrogen-bond donors (Lipinski definition) is 0. The molecule has 26 heavy (non-hydrogen) atoms. The molecule has 2 aromatic rings. The van der Waals surface area contributed by atoms with Gasteiger partial charge >= 0.3 is 5.97 Å². The molecule has 0 radical (unpaired) electrons. The van der Waals surface area contributed by atoms with Crippen molar-refractivity contribution in [1.82, 2.24) is 4.90 Å². The summed E-state index contributed by atoms with van der Waals surface area (Å²) < 4.78 is 4.79. The number of methoxy groups -OCH3 is 1. The Kier molecular flexibility index (Phi) is 6.32. The van der Waals surface area contributed by atoms with E-state index in [1.165, 1.54) is 18.4 Å². The van der Waals surface area contributed by atoms with Gasteiger partial charge in [0.05, 0.1) is 18.2 Å². The molecule has 0 aromatic heterocycles. The fourth-order valence-corrected chi connectivity index (χ4v) is 4.36. The van der Waals surface area contributed by atoms with Crippen molar-refractivity contribution in [3.63, 3.8) is 0 Å². The first kappa shape index (κ1) is 18.5. The number of benzene rings is 2. The molecule has 1 fully saturated rings. The minimum absolute atomic E-state index is 0.350. The molecular formula is C21H22N2O2S. The van der Waals surface area contributed by atoms with Crippen LogP contribution in [0.2, 0.25) is 0 Å². The van der Waals surface area contributed by atoms with Crippen LogP contribution < -0.4 is 0 Å². The van der Waals surface area contributed by atoms with Crippen LogP contribution in [0.25, 0.3) is 0 Å². The Morgan fingerprint density at radius 2 is 2.08 bits per heavy atom. The normalized spacial score (nSPS) is 17.0. The van der Waals surface area contributed by atoms with E-state index in [-0.39, 0.29) is 0 Å². The number of nitriles is 1. The predicted octanol–water partition coefficient (Wildman–Crippen LogP) is 3.96. The van der Waals surface area contributed by atoms with Crippen molar-refractivity contribution in [1.29, 1.82) is 5.26 Å². The molecule has 1 heterocycles. The molecule has 0 spiro atoms. The Labute approximate surface area is 158 Å². The zero-order valence-electron chi connectivity index (χ0n) is 14.9. The Morgan fingerprint density at radius 1 is 1.27 bits per heavy atom. The average molecular weight is 366 g/mol. The van der Waals surface area contributed by atoms with Crippen LogP contribution in [0.4, 0.5) is 0 Å². The molecule has 0 amide bonds. The van der Waals surface area contributed by atoms with Gasteiger partial charge in [-0.3, -0.25) is 4.90 Å². The molecule has 3 rings (SSSR count). The Hall–Kier alpha value is -2.29. The first-order valence-corrected chi connectivity index (χ1v) is 9.70. The fourth-order valence-electron chi connectivity index (χ4n) is 3.31. The lowest BCUT2D eigenvalue weighted by atomic mass is 10.0. The first-order chi connectivity index (χ1) is 12.7. The van der Waals surface area contributed by atoms with Crippen LogP contribution in [0.15, 0.2) is 53.4 Å². The Bertz CT molecular complexity index is 801. The van der Waals surface area contributed by atoms with Crippen LogP contribution in [-0.2, 0) is 11.3 Å². The lowest BCUT2D eigenvalue weighted by molar-refractivity contribution is 0.0600. The Balaban J connectivity index is 1.60. The van der Waals surface area contributed by atoms with Gasteiger partial charge in [-0.2, -0.15) is 5.26 Å². The van der Waals surface area contributed by atoms with E-state index in [1.807, 2.05) is 30.0 Å². The minimum atomic E-state index is -0.457. The third kappa shape index (κ3) is 4.46. The minimum Gasteiger partial charge on any atom is -0.465 e. The number of carbonyl (C=O) groups excluding carboxylic acids is 1. The monoisotopic (exact) mass is 366 g/mol. The van der Waals surface area contributed by atoms with Gasteiger partial charge in [-0.1, -0.05) is 30.3 Å². The summed E-state index contributed by atoms with van der Waals surface area (Å²) in [6.07, 6.45) is 1.17. The number of rotatable bonds is 6. The van der Waals surface area contributed by atoms with Gasteiger partial charge in [0.25, 0.3) is 0 Å². The van der Waals surface area contributed by atoms with E-state index in [9.17, 15) is 10.1 Å². The van der Waals surface area contributed by atoms with Crippen LogP contribution in [0.5, 0.6) is 0 Å². The van der Waals surface area contributed by atoms with E-state index in [1.54, 1.807) is 6.07 Å². The highest BCUT2D eigenvalue weighted by Crippen LogP contribution is 2.27. The van der Waals surface area contributed by atoms with E-state index < -0.39 is 5.97 Å². The SMILES string of the molecule is COC(=O)c1cccc(CN2CC[C@@H](CSc3ccccc3)C2)c1C#N. The summed E-state index contributed by atoms with van der Waals surface area (Å²) in [5, 5.41) is 9.50. The van der Waals surface area contributed by atoms with Crippen molar-refractivity contribution in [3.05, 3.63) is 65.2 Å². The number of carbonyl (C=O) groups is 1. The maximum absolute atomic E-state index is 11.9. The van der Waals surface area contributed by atoms with Gasteiger partial charge in [0.1, 0.15) is 6.07 Å². The zero-order valence-corrected chi connectivity index (χ0v) is 15.7. The second-order valence-corrected chi connectivity index (χ2v) is 7.55. The molecule has 4 nitrogen and oxygen atoms in total. The molecule has 0 aliphatic carbocycles. The summed E-state index contributed by atoms with van der Waals surface area (Å²) in [4.78, 5) is 15.5. The third-order valence-corrected chi connectivity index (χ3v) is 5.90. The lowest BCUT2D eigenvalue weighted by Gasteiger charge is -2.17. The molecule has 0 N–H and O–H groups in total. The third-order valence-electron chi connectivity index (χ3n) is 4.66. The van der Waals surface area contributed by atoms with Crippen molar-refractivity contribution in [2.75, 3.05) is 26.0 Å². The van der Waals surface area contributed by atoms with Crippen molar-refractivity contribution in [2.45, 2.75) is 17.9 Å². The van der Waals surface area contributed by atoms with E-state index in [0.29, 0.717) is 23.6 Å². The molecule has 1 atom stereocenters. The summed E-state index contributed by atoms with van der Waals surface area (Å²) in [6, 6.07) is 18.1. The van der Waals surface area contributed by atoms with Crippen LogP contribution >= 0.6 is 11.8 Å². The van der Waals surface area contributed by atoms with Gasteiger partial charge in [0.15, 0.2) is 0 Å². The van der Waals surface area contributed by atoms with Gasteiger partial charge in [-0.05, 0) is 42.6 Å². The molecule has 5 heteroatoms. The summed E-state index contributed by atoms with van der Waals surface area (Å²) in [7, 11) is 1.34. The molecule has 1 aliphatic heterocycles. The fraction of sp³-hybridized carbons (Fsp3) is 0.333. The zero-order chi connectivity index (χ0) is 18.4. The number of hydrogen-bond acceptors (Lipinski definition) is 5. The van der Waals surface area contributed by atoms with Gasteiger partial charge in [-0.25, -0.2) is 4.79 Å². The van der Waals surface area contributed by atoms with E-state index in [0.717, 1.165) is 24.4 Å². The molecule has 1 aliphatic rings. The second-order valence-electron chi connectivity index (χ2n) is 6.46. The number of thioether (sulfide) groups is 1. The summed E-state index contributed by atoms with van der Waals surface area (Å²) in [5.41, 5.74) is 1.68. The summed E-state index contributed by atoms with van der Waals surface area (Å²) >= 11 is 1.90. The molecular weight excluding hydrogens is 344 g/mol. The first-order valence-electron chi connectivity index (χ1n) is 8.71. The lowest BCUT2D eigenvalue weighted by Crippen LogP contribution is -2.22. The second kappa shape index (κ2) is 8.88. The maximum Gasteiger partial charge on any atom is 0.339 e. The molecule has 134 valence electrons. The summed E-state index contributed by atoms with van der Waals surface area (Å²) in [6.45, 7) is 2.74. The van der Waals surface area contributed by atoms with Crippen molar-refractivity contribution in [3.8, 4) is 6.07 Å². The number of ether oxygens (including phenoxy) is 1. The van der Waals surface area contributed by atoms with Crippen molar-refractivity contribution in [2.24, 2.45) is 5.92 Å². The quantitative estimate of drug-likeness (QED) is 0.572. The van der Waals surface area contributed by atoms with Gasteiger partial charge in [0, 0.05) is 23.7 Å². The van der Waals surface area contributed by atoms with Crippen molar-refractivity contribution >= 4 is 17.7 Å². The molecule has 1 saturated heterocycles. The number of nitrogens with zero attached hydrogens (tertiary/aromatic N) is 2. The van der Waals surface area contributed by atoms with Crippen LogP contribution in [-0.4, -0.2) is 36.8 Å². The standard InChI is InChI=1S/C21H22N2O2S/c1-25-21(24)19-9-5-6-17(20(19)12-22)14-23-11-10-16(13-23)15-26-18-7-3-2-4-8-18/h2-9,16H,10-11,13-15H2,1H3/t16-/m1/s1. The van der Waals surface area contributed by atoms with Gasteiger partial charge in [-0.15, -0.1) is 11.8 Å². The Morgan fingerprint density at radius 3 is 2.81 bits per heavy atom. The molecule has 2 aromatic carbocycles. The molecule has 0 unspecified atom stereocenters. The van der Waals surface area contributed by atoms with Crippen LogP contribution in [0, 0.1) is 17.2 Å².